The molecule has 0 saturated heterocycles. The SMILES string of the molecule is c1ccc2c(c1)Cc1ccccc1C21c2ccccc2Cc2ccccc21.c1ccc2c(c1)Cc1ccccc1C21c2ccccc2Cc2ccccc21.c1ccc2c(c1)Cc1ccccc1C21c2ccccc2Cc2ccccc21. The summed E-state index contributed by atoms with van der Waals surface area (Å²) in [5.74, 6) is 0. The molecule has 0 amide bonds. The highest BCUT2D eigenvalue weighted by molar-refractivity contribution is 5.75. The molecule has 0 atom stereocenters. The van der Waals surface area contributed by atoms with Gasteiger partial charge >= 0.3 is 0 Å². The molecule has 12 aromatic rings. The van der Waals surface area contributed by atoms with E-state index in [4.69, 9.17) is 0 Å². The molecule has 0 aromatic heterocycles. The van der Waals surface area contributed by atoms with E-state index in [1.807, 2.05) is 0 Å². The van der Waals surface area contributed by atoms with Crippen molar-refractivity contribution in [2.45, 2.75) is 54.8 Å². The molecule has 384 valence electrons. The van der Waals surface area contributed by atoms with Crippen LogP contribution >= 0.6 is 0 Å². The highest BCUT2D eigenvalue weighted by Crippen LogP contribution is 2.58. The molecular formula is C81H60. The van der Waals surface area contributed by atoms with Crippen LogP contribution in [0.3, 0.4) is 0 Å². The van der Waals surface area contributed by atoms with Gasteiger partial charge < -0.3 is 0 Å². The first kappa shape index (κ1) is 47.6. The lowest BCUT2D eigenvalue weighted by Gasteiger charge is -2.46. The Morgan fingerprint density at radius 3 is 0.309 bits per heavy atom. The summed E-state index contributed by atoms with van der Waals surface area (Å²) < 4.78 is 0. The first-order chi connectivity index (χ1) is 40.2. The van der Waals surface area contributed by atoms with E-state index in [0.29, 0.717) is 0 Å². The minimum absolute atomic E-state index is 0.211. The fourth-order valence-corrected chi connectivity index (χ4v) is 16.3. The van der Waals surface area contributed by atoms with Crippen LogP contribution in [0.1, 0.15) is 134 Å². The quantitative estimate of drug-likeness (QED) is 0.142. The van der Waals surface area contributed by atoms with Gasteiger partial charge in [0, 0.05) is 0 Å². The summed E-state index contributed by atoms with van der Waals surface area (Å²) in [6, 6.07) is 109. The van der Waals surface area contributed by atoms with Crippen LogP contribution in [-0.2, 0) is 54.8 Å². The number of benzene rings is 12. The molecule has 0 heterocycles. The van der Waals surface area contributed by atoms with Crippen molar-refractivity contribution in [1.29, 1.82) is 0 Å². The third-order valence-corrected chi connectivity index (χ3v) is 19.3. The molecule has 0 radical (unpaired) electrons. The molecule has 0 heteroatoms. The first-order valence-electron chi connectivity index (χ1n) is 29.2. The second-order valence-electron chi connectivity index (χ2n) is 23.2. The molecule has 6 aliphatic carbocycles. The van der Waals surface area contributed by atoms with Crippen LogP contribution in [-0.4, -0.2) is 0 Å². The van der Waals surface area contributed by atoms with E-state index < -0.39 is 0 Å². The van der Waals surface area contributed by atoms with Gasteiger partial charge in [-0.2, -0.15) is 0 Å². The van der Waals surface area contributed by atoms with Crippen LogP contribution in [0, 0.1) is 0 Å². The molecule has 0 aliphatic heterocycles. The average molecular weight is 1030 g/mol. The number of hydrogen-bond donors (Lipinski definition) is 0. The monoisotopic (exact) mass is 1030 g/mol. The third-order valence-electron chi connectivity index (χ3n) is 19.3. The largest absolute Gasteiger partial charge is 0.0712 e. The van der Waals surface area contributed by atoms with Crippen molar-refractivity contribution in [3.63, 3.8) is 0 Å². The highest BCUT2D eigenvalue weighted by atomic mass is 14.5. The van der Waals surface area contributed by atoms with Gasteiger partial charge in [0.15, 0.2) is 0 Å². The predicted molar refractivity (Wildman–Crippen MR) is 331 cm³/mol. The van der Waals surface area contributed by atoms with E-state index in [0.717, 1.165) is 38.5 Å². The Hall–Kier alpha value is -9.36. The molecule has 12 aromatic carbocycles. The van der Waals surface area contributed by atoms with Crippen LogP contribution in [0.25, 0.3) is 0 Å². The molecule has 0 bridgehead atoms. The molecular weight excluding hydrogens is 973 g/mol. The summed E-state index contributed by atoms with van der Waals surface area (Å²) in [6.07, 6.45) is 6.07. The second kappa shape index (κ2) is 18.9. The molecule has 0 fully saturated rings. The maximum atomic E-state index is 2.35. The smallest absolute Gasteiger partial charge is 0.0620 e. The Morgan fingerprint density at radius 1 is 0.123 bits per heavy atom. The Bertz CT molecular complexity index is 3430. The molecule has 81 heavy (non-hydrogen) atoms. The van der Waals surface area contributed by atoms with Crippen LogP contribution in [0.15, 0.2) is 291 Å². The fraction of sp³-hybridized carbons (Fsp3) is 0.111. The lowest BCUT2D eigenvalue weighted by atomic mass is 9.56. The molecule has 18 rings (SSSR count). The van der Waals surface area contributed by atoms with Crippen molar-refractivity contribution in [3.05, 3.63) is 425 Å². The normalized spacial score (nSPS) is 15.4. The number of hydrogen-bond acceptors (Lipinski definition) is 0. The Kier molecular flexibility index (Phi) is 11.1. The van der Waals surface area contributed by atoms with Gasteiger partial charge in [-0.3, -0.25) is 0 Å². The van der Waals surface area contributed by atoms with Crippen molar-refractivity contribution >= 4 is 0 Å². The lowest BCUT2D eigenvalue weighted by Crippen LogP contribution is -2.39. The zero-order valence-electron chi connectivity index (χ0n) is 45.5. The molecule has 0 N–H and O–H groups in total. The van der Waals surface area contributed by atoms with E-state index >= 15 is 0 Å². The molecule has 0 saturated carbocycles. The maximum Gasteiger partial charge on any atom is 0.0712 e. The lowest BCUT2D eigenvalue weighted by molar-refractivity contribution is 0.670. The first-order valence-corrected chi connectivity index (χ1v) is 29.2. The second-order valence-corrected chi connectivity index (χ2v) is 23.2. The minimum atomic E-state index is -0.211. The molecule has 3 spiro atoms. The number of fused-ring (bicyclic) bond motifs is 24. The number of rotatable bonds is 0. The van der Waals surface area contributed by atoms with E-state index in [1.54, 1.807) is 0 Å². The van der Waals surface area contributed by atoms with Gasteiger partial charge in [0.1, 0.15) is 0 Å². The zero-order valence-corrected chi connectivity index (χ0v) is 45.5. The van der Waals surface area contributed by atoms with Crippen molar-refractivity contribution in [2.24, 2.45) is 0 Å². The molecule has 6 aliphatic rings. The molecule has 0 unspecified atom stereocenters. The van der Waals surface area contributed by atoms with Crippen LogP contribution < -0.4 is 0 Å². The summed E-state index contributed by atoms with van der Waals surface area (Å²) in [5.41, 5.74) is 34.1. The van der Waals surface area contributed by atoms with Gasteiger partial charge in [-0.15, -0.1) is 0 Å². The van der Waals surface area contributed by atoms with E-state index in [2.05, 4.69) is 291 Å². The van der Waals surface area contributed by atoms with Gasteiger partial charge in [-0.05, 0) is 172 Å². The van der Waals surface area contributed by atoms with E-state index in [9.17, 15) is 0 Å². The summed E-state index contributed by atoms with van der Waals surface area (Å²) in [6.45, 7) is 0. The minimum Gasteiger partial charge on any atom is -0.0620 e. The standard InChI is InChI=1S/3C27H20/c3*1-5-13-23-19(9-1)17-20-10-2-6-14-24(20)27(23)25-15-7-3-11-21(25)18-22-12-4-8-16-26(22)27/h3*1-16H,17-18H2. The van der Waals surface area contributed by atoms with Gasteiger partial charge in [0.25, 0.3) is 0 Å². The van der Waals surface area contributed by atoms with Crippen LogP contribution in [0.2, 0.25) is 0 Å². The predicted octanol–water partition coefficient (Wildman–Crippen LogP) is 17.6. The van der Waals surface area contributed by atoms with Gasteiger partial charge in [0.05, 0.1) is 16.2 Å². The Balaban J connectivity index is 0.000000100. The third kappa shape index (κ3) is 6.96. The summed E-state index contributed by atoms with van der Waals surface area (Å²) in [7, 11) is 0. The zero-order chi connectivity index (χ0) is 53.5. The Morgan fingerprint density at radius 2 is 0.210 bits per heavy atom. The van der Waals surface area contributed by atoms with E-state index in [-0.39, 0.29) is 16.2 Å². The van der Waals surface area contributed by atoms with Crippen molar-refractivity contribution in [2.75, 3.05) is 0 Å². The summed E-state index contributed by atoms with van der Waals surface area (Å²) >= 11 is 0. The van der Waals surface area contributed by atoms with Crippen LogP contribution in [0.4, 0.5) is 0 Å². The Labute approximate surface area is 476 Å². The molecule has 0 nitrogen and oxygen atoms in total. The van der Waals surface area contributed by atoms with Crippen molar-refractivity contribution in [1.82, 2.24) is 0 Å². The van der Waals surface area contributed by atoms with Gasteiger partial charge in [0.2, 0.25) is 0 Å². The highest BCUT2D eigenvalue weighted by Gasteiger charge is 2.50. The summed E-state index contributed by atoms with van der Waals surface area (Å²) in [4.78, 5) is 0. The average Bonchev–Trinajstić information content (AvgIpc) is 2.79. The fourth-order valence-electron chi connectivity index (χ4n) is 16.3. The maximum absolute atomic E-state index is 2.35. The van der Waals surface area contributed by atoms with Crippen molar-refractivity contribution in [3.8, 4) is 0 Å². The van der Waals surface area contributed by atoms with Gasteiger partial charge in [-0.1, -0.05) is 291 Å². The van der Waals surface area contributed by atoms with Crippen molar-refractivity contribution < 1.29 is 0 Å². The van der Waals surface area contributed by atoms with Crippen LogP contribution in [0.5, 0.6) is 0 Å². The topological polar surface area (TPSA) is 0 Å². The summed E-state index contributed by atoms with van der Waals surface area (Å²) in [5, 5.41) is 0. The van der Waals surface area contributed by atoms with E-state index in [1.165, 1.54) is 134 Å². The van der Waals surface area contributed by atoms with Gasteiger partial charge in [-0.25, -0.2) is 0 Å².